The number of nitrogens with zero attached hydrogens (tertiary/aromatic N) is 2. The fraction of sp³-hybridized carbons (Fsp3) is 0.771. The number of hydrogen-bond acceptors (Lipinski definition) is 16. The third-order valence-electron chi connectivity index (χ3n) is 14.3. The number of benzene rings is 1. The first-order valence-corrected chi connectivity index (χ1v) is 23.0. The van der Waals surface area contributed by atoms with Gasteiger partial charge in [0.25, 0.3) is 0 Å². The van der Waals surface area contributed by atoms with Gasteiger partial charge in [0.15, 0.2) is 18.3 Å². The molecule has 16 heteroatoms. The third-order valence-corrected chi connectivity index (χ3v) is 14.3. The minimum absolute atomic E-state index is 0.0690. The summed E-state index contributed by atoms with van der Waals surface area (Å²) in [6, 6.07) is 11.6. The van der Waals surface area contributed by atoms with E-state index < -0.39 is 120 Å². The minimum atomic E-state index is -2.02. The van der Waals surface area contributed by atoms with Crippen LogP contribution in [-0.4, -0.2) is 146 Å². The molecule has 5 rings (SSSR count). The lowest BCUT2D eigenvalue weighted by atomic mass is 9.74. The van der Waals surface area contributed by atoms with Gasteiger partial charge in [-0.25, -0.2) is 0 Å². The van der Waals surface area contributed by atoms with E-state index in [1.165, 1.54) is 33.4 Å². The van der Waals surface area contributed by atoms with E-state index in [4.69, 9.17) is 32.9 Å². The van der Waals surface area contributed by atoms with Crippen LogP contribution in [0.25, 0.3) is 0 Å². The molecule has 0 radical (unpaired) electrons. The Balaban J connectivity index is 1.48. The number of aromatic nitrogens is 1. The highest BCUT2D eigenvalue weighted by Gasteiger charge is 2.53. The van der Waals surface area contributed by atoms with E-state index in [2.05, 4.69) is 17.3 Å². The van der Waals surface area contributed by atoms with Crippen molar-refractivity contribution in [3.63, 3.8) is 0 Å². The van der Waals surface area contributed by atoms with E-state index in [0.29, 0.717) is 25.1 Å². The highest BCUT2D eigenvalue weighted by atomic mass is 16.7. The normalized spacial score (nSPS) is 42.0. The molecule has 16 nitrogen and oxygen atoms in total. The van der Waals surface area contributed by atoms with E-state index >= 15 is 0 Å². The van der Waals surface area contributed by atoms with Crippen LogP contribution in [0.15, 0.2) is 40.9 Å². The molecule has 1 aromatic carbocycles. The second kappa shape index (κ2) is 21.4. The summed E-state index contributed by atoms with van der Waals surface area (Å²) in [5.41, 5.74) is -2.95. The number of aliphatic hydroxyl groups is 5. The Labute approximate surface area is 378 Å². The number of rotatable bonds is 12. The van der Waals surface area contributed by atoms with Gasteiger partial charge in [-0.2, -0.15) is 0 Å². The number of ketones is 1. The Morgan fingerprint density at radius 1 is 0.891 bits per heavy atom. The minimum Gasteiger partial charge on any atom is -0.459 e. The van der Waals surface area contributed by atoms with Gasteiger partial charge in [-0.15, -0.1) is 0 Å². The second-order valence-corrected chi connectivity index (χ2v) is 19.7. The molecule has 0 aliphatic carbocycles. The molecule has 64 heavy (non-hydrogen) atoms. The van der Waals surface area contributed by atoms with Gasteiger partial charge in [0.05, 0.1) is 59.9 Å². The number of cyclic esters (lactones) is 1. The maximum Gasteiger partial charge on any atom is 0.311 e. The molecular formula is C48H76N2O14. The van der Waals surface area contributed by atoms with Crippen LogP contribution in [0.3, 0.4) is 0 Å². The number of esters is 1. The van der Waals surface area contributed by atoms with Gasteiger partial charge >= 0.3 is 5.97 Å². The zero-order valence-electron chi connectivity index (χ0n) is 39.9. The van der Waals surface area contributed by atoms with Gasteiger partial charge in [-0.05, 0) is 86.3 Å². The van der Waals surface area contributed by atoms with Crippen molar-refractivity contribution in [1.82, 2.24) is 10.1 Å². The molecule has 3 aliphatic heterocycles. The van der Waals surface area contributed by atoms with Gasteiger partial charge < -0.3 is 58.5 Å². The van der Waals surface area contributed by atoms with Crippen LogP contribution >= 0.6 is 0 Å². The van der Waals surface area contributed by atoms with E-state index in [-0.39, 0.29) is 19.3 Å². The third kappa shape index (κ3) is 11.8. The molecule has 3 saturated heterocycles. The SMILES string of the molecule is CC[C@H]1OC(=O)[C@H](C)[C@@H](O[C@H]2C[C@@](C)(OC)[C@@H](O)[C@H](C)O2)[C@H](C)[C@@H](O[C@@H]2O[C@H](C)C[C@H](N(C)Cc3cc(CCc4ccccc4)no3)[C@H]2O)[C@](C)(O)C[C@@H](C)C(=O)[C@H](C)[C@@H](O)[C@]1(C)O. The first-order chi connectivity index (χ1) is 29.9. The smallest absolute Gasteiger partial charge is 0.311 e. The molecule has 0 spiro atoms. The monoisotopic (exact) mass is 905 g/mol. The van der Waals surface area contributed by atoms with Crippen LogP contribution in [0.4, 0.5) is 0 Å². The number of Topliss-reactive ketones (excluding diaryl/α,β-unsaturated/α-hetero) is 1. The summed E-state index contributed by atoms with van der Waals surface area (Å²) in [6.07, 6.45) is -8.99. The Morgan fingerprint density at radius 3 is 2.20 bits per heavy atom. The van der Waals surface area contributed by atoms with Crippen molar-refractivity contribution in [3.8, 4) is 0 Å². The highest BCUT2D eigenvalue weighted by molar-refractivity contribution is 5.83. The average Bonchev–Trinajstić information content (AvgIpc) is 3.70. The lowest BCUT2D eigenvalue weighted by Crippen LogP contribution is -2.61. The molecule has 3 fully saturated rings. The summed E-state index contributed by atoms with van der Waals surface area (Å²) in [7, 11) is 3.35. The Bertz CT molecular complexity index is 1810. The summed E-state index contributed by atoms with van der Waals surface area (Å²) < 4.78 is 43.5. The first-order valence-electron chi connectivity index (χ1n) is 23.0. The Hall–Kier alpha value is -2.87. The van der Waals surface area contributed by atoms with Gasteiger partial charge in [-0.1, -0.05) is 63.2 Å². The molecule has 0 saturated carbocycles. The van der Waals surface area contributed by atoms with Gasteiger partial charge in [-0.3, -0.25) is 14.5 Å². The van der Waals surface area contributed by atoms with E-state index in [1.807, 2.05) is 43.1 Å². The van der Waals surface area contributed by atoms with Crippen LogP contribution < -0.4 is 0 Å². The van der Waals surface area contributed by atoms with Crippen molar-refractivity contribution in [3.05, 3.63) is 53.4 Å². The molecule has 0 amide bonds. The fourth-order valence-corrected chi connectivity index (χ4v) is 10.2. The maximum atomic E-state index is 14.3. The molecule has 5 N–H and O–H groups in total. The van der Waals surface area contributed by atoms with Crippen LogP contribution in [0.5, 0.6) is 0 Å². The van der Waals surface area contributed by atoms with E-state index in [0.717, 1.165) is 12.1 Å². The van der Waals surface area contributed by atoms with E-state index in [9.17, 15) is 35.1 Å². The quantitative estimate of drug-likeness (QED) is 0.189. The summed E-state index contributed by atoms with van der Waals surface area (Å²) in [5.74, 6) is -4.57. The van der Waals surface area contributed by atoms with Gasteiger partial charge in [0.1, 0.15) is 29.7 Å². The predicted octanol–water partition coefficient (Wildman–Crippen LogP) is 4.13. The Kier molecular flexibility index (Phi) is 17.4. The molecule has 3 aliphatic rings. The molecule has 362 valence electrons. The first kappa shape index (κ1) is 52.1. The summed E-state index contributed by atoms with van der Waals surface area (Å²) in [4.78, 5) is 30.3. The van der Waals surface area contributed by atoms with E-state index in [1.54, 1.807) is 41.5 Å². The number of carbonyl (C=O) groups excluding carboxylic acids is 2. The van der Waals surface area contributed by atoms with Crippen molar-refractivity contribution >= 4 is 11.8 Å². The van der Waals surface area contributed by atoms with Gasteiger partial charge in [0, 0.05) is 43.4 Å². The Morgan fingerprint density at radius 2 is 1.56 bits per heavy atom. The molecule has 4 heterocycles. The summed E-state index contributed by atoms with van der Waals surface area (Å²) in [5, 5.41) is 63.3. The fourth-order valence-electron chi connectivity index (χ4n) is 10.2. The highest BCUT2D eigenvalue weighted by Crippen LogP contribution is 2.41. The zero-order valence-corrected chi connectivity index (χ0v) is 39.9. The lowest BCUT2D eigenvalue weighted by Gasteiger charge is -2.49. The topological polar surface area (TPSA) is 220 Å². The van der Waals surface area contributed by atoms with Crippen molar-refractivity contribution in [1.29, 1.82) is 0 Å². The molecule has 18 atom stereocenters. The van der Waals surface area contributed by atoms with Crippen LogP contribution in [0.2, 0.25) is 0 Å². The van der Waals surface area contributed by atoms with Crippen LogP contribution in [-0.2, 0) is 57.4 Å². The van der Waals surface area contributed by atoms with Crippen LogP contribution in [0.1, 0.15) is 112 Å². The number of aliphatic hydroxyl groups excluding tert-OH is 3. The molecule has 0 unspecified atom stereocenters. The largest absolute Gasteiger partial charge is 0.459 e. The van der Waals surface area contributed by atoms with Crippen molar-refractivity contribution in [2.75, 3.05) is 14.2 Å². The number of methoxy groups -OCH3 is 1. The predicted molar refractivity (Wildman–Crippen MR) is 234 cm³/mol. The number of likely N-dealkylation sites (N-methyl/N-ethyl adjacent to an activating group) is 1. The zero-order chi connectivity index (χ0) is 47.5. The van der Waals surface area contributed by atoms with Gasteiger partial charge in [0.2, 0.25) is 0 Å². The maximum absolute atomic E-state index is 14.3. The molecule has 1 aromatic heterocycles. The average molecular weight is 905 g/mol. The number of ether oxygens (including phenoxy) is 6. The molecule has 0 bridgehead atoms. The van der Waals surface area contributed by atoms with Crippen molar-refractivity contribution in [2.45, 2.75) is 199 Å². The van der Waals surface area contributed by atoms with Crippen molar-refractivity contribution in [2.24, 2.45) is 23.7 Å². The molecule has 2 aromatic rings. The number of hydrogen-bond donors (Lipinski definition) is 5. The lowest BCUT2D eigenvalue weighted by molar-refractivity contribution is -0.318. The number of aryl methyl sites for hydroxylation is 2. The summed E-state index contributed by atoms with van der Waals surface area (Å²) in [6.45, 7) is 16.7. The number of carbonyl (C=O) groups is 2. The summed E-state index contributed by atoms with van der Waals surface area (Å²) >= 11 is 0. The standard InChI is InChI=1S/C48H76N2O14/c1-13-36-48(10,57)41(53)28(4)38(51)26(2)23-46(8,56)43(29(5)40(30(6)44(55)61-36)62-37-24-47(9,58-12)42(54)31(7)60-37)63-45-39(52)35(21-27(3)59-45)50(11)25-34-22-33(49-64-34)20-19-32-17-15-14-16-18-32/h14-18,22,26-31,35-37,39-43,45,52-54,56-57H,13,19-21,23-25H2,1-12H3/t26-,27-,28+,29+,30-,31+,35+,36-,37+,39-,40+,41-,42+,43-,45+,46-,47-,48-/m1/s1. The van der Waals surface area contributed by atoms with Crippen LogP contribution in [0, 0.1) is 23.7 Å². The second-order valence-electron chi connectivity index (χ2n) is 19.7. The molecular weight excluding hydrogens is 829 g/mol. The van der Waals surface area contributed by atoms with Crippen molar-refractivity contribution < 1.29 is 68.1 Å².